The van der Waals surface area contributed by atoms with Crippen molar-refractivity contribution >= 4 is 49.5 Å². The first kappa shape index (κ1) is 23.9. The number of hydrogen-bond acceptors (Lipinski definition) is 7. The summed E-state index contributed by atoms with van der Waals surface area (Å²) in [6.45, 7) is 0.122. The zero-order valence-corrected chi connectivity index (χ0v) is 19.8. The van der Waals surface area contributed by atoms with Gasteiger partial charge in [0, 0.05) is 27.9 Å². The largest absolute Gasteiger partial charge is 0.506 e. The molecule has 0 aromatic heterocycles. The molecule has 1 aliphatic rings. The van der Waals surface area contributed by atoms with Gasteiger partial charge in [-0.3, -0.25) is 15.3 Å². The van der Waals surface area contributed by atoms with Crippen LogP contribution in [-0.2, 0) is 9.53 Å². The van der Waals surface area contributed by atoms with Crippen molar-refractivity contribution in [3.63, 3.8) is 0 Å². The highest BCUT2D eigenvalue weighted by Crippen LogP contribution is 2.39. The van der Waals surface area contributed by atoms with Crippen LogP contribution in [0.4, 0.5) is 10.5 Å². The fourth-order valence-corrected chi connectivity index (χ4v) is 4.27. The molecule has 1 atom stereocenters. The molecule has 3 rings (SSSR count). The third-order valence-corrected chi connectivity index (χ3v) is 5.55. The van der Waals surface area contributed by atoms with Gasteiger partial charge in [-0.15, -0.1) is 0 Å². The third-order valence-electron chi connectivity index (χ3n) is 4.49. The number of nitrogens with one attached hydrogen (secondary N) is 2. The molecule has 0 saturated carbocycles. The molecule has 9 nitrogen and oxygen atoms in total. The molecule has 2 aromatic carbocycles. The first-order chi connectivity index (χ1) is 15.4. The van der Waals surface area contributed by atoms with E-state index >= 15 is 0 Å². The average Bonchev–Trinajstić information content (AvgIpc) is 3.22. The lowest BCUT2D eigenvalue weighted by Crippen LogP contribution is -2.18. The van der Waals surface area contributed by atoms with E-state index in [2.05, 4.69) is 37.2 Å². The molecule has 32 heavy (non-hydrogen) atoms. The van der Waals surface area contributed by atoms with E-state index in [4.69, 9.17) is 19.4 Å². The molecule has 170 valence electrons. The molecule has 2 amide bonds. The molecule has 2 aromatic rings. The Morgan fingerprint density at radius 2 is 1.97 bits per heavy atom. The van der Waals surface area contributed by atoms with Gasteiger partial charge >= 0.3 is 6.09 Å². The van der Waals surface area contributed by atoms with Crippen molar-refractivity contribution in [3.05, 3.63) is 57.0 Å². The van der Waals surface area contributed by atoms with Gasteiger partial charge in [-0.2, -0.15) is 0 Å². The van der Waals surface area contributed by atoms with Gasteiger partial charge in [-0.25, -0.2) is 10.3 Å². The molecular formula is C21H20Br2N2O7. The van der Waals surface area contributed by atoms with Crippen molar-refractivity contribution in [2.45, 2.75) is 25.4 Å². The van der Waals surface area contributed by atoms with Crippen LogP contribution in [0.15, 0.2) is 51.4 Å². The molecule has 11 heteroatoms. The van der Waals surface area contributed by atoms with Crippen molar-refractivity contribution in [3.8, 4) is 17.2 Å². The van der Waals surface area contributed by atoms with Crippen LogP contribution in [0.25, 0.3) is 0 Å². The number of hydrogen-bond donors (Lipinski definition) is 4. The number of amides is 2. The molecule has 0 unspecified atom stereocenters. The van der Waals surface area contributed by atoms with Gasteiger partial charge in [0.15, 0.2) is 11.5 Å². The summed E-state index contributed by atoms with van der Waals surface area (Å²) < 4.78 is 17.3. The minimum Gasteiger partial charge on any atom is -0.506 e. The second kappa shape index (κ2) is 11.2. The molecule has 0 bridgehead atoms. The van der Waals surface area contributed by atoms with Gasteiger partial charge in [-0.1, -0.05) is 22.0 Å². The maximum absolute atomic E-state index is 12.6. The summed E-state index contributed by atoms with van der Waals surface area (Å²) in [6.07, 6.45) is 2.73. The van der Waals surface area contributed by atoms with E-state index in [9.17, 15) is 14.7 Å². The number of halogens is 2. The number of aromatic hydroxyl groups is 1. The number of benzene rings is 2. The van der Waals surface area contributed by atoms with Crippen molar-refractivity contribution in [1.29, 1.82) is 0 Å². The molecule has 0 fully saturated rings. The zero-order chi connectivity index (χ0) is 23.1. The topological polar surface area (TPSA) is 126 Å². The number of fused-ring (bicyclic) bond motifs is 1. The van der Waals surface area contributed by atoms with Gasteiger partial charge in [0.1, 0.15) is 11.9 Å². The SMILES string of the molecule is O=C(/C=C/CCC[C@H](OC(=O)Nc1ccc2c(c1)OCO2)c1cc(Br)cc(Br)c1O)NO. The number of carbonyl (C=O) groups is 2. The Bertz CT molecular complexity index is 1030. The minimum atomic E-state index is -0.766. The predicted molar refractivity (Wildman–Crippen MR) is 122 cm³/mol. The van der Waals surface area contributed by atoms with Crippen LogP contribution < -0.4 is 20.3 Å². The summed E-state index contributed by atoms with van der Waals surface area (Å²) in [7, 11) is 0. The highest BCUT2D eigenvalue weighted by molar-refractivity contribution is 9.11. The maximum Gasteiger partial charge on any atom is 0.412 e. The summed E-state index contributed by atoms with van der Waals surface area (Å²) in [4.78, 5) is 23.6. The Labute approximate surface area is 200 Å². The van der Waals surface area contributed by atoms with Crippen LogP contribution in [-0.4, -0.2) is 29.1 Å². The standard InChI is InChI=1S/C21H20Br2N2O7/c22-12-8-14(20(27)15(23)9-12)16(4-2-1-3-5-19(26)25-29)32-21(28)24-13-6-7-17-18(10-13)31-11-30-17/h3,5-10,16,27,29H,1-2,4,11H2,(H,24,28)(H,25,26)/b5-3+/t16-/m0/s1. The van der Waals surface area contributed by atoms with Crippen molar-refractivity contribution in [1.82, 2.24) is 5.48 Å². The van der Waals surface area contributed by atoms with Crippen LogP contribution in [0.1, 0.15) is 30.9 Å². The predicted octanol–water partition coefficient (Wildman–Crippen LogP) is 5.17. The monoisotopic (exact) mass is 570 g/mol. The molecule has 1 heterocycles. The number of allylic oxidation sites excluding steroid dienone is 1. The minimum absolute atomic E-state index is 0.0377. The zero-order valence-electron chi connectivity index (χ0n) is 16.6. The molecular weight excluding hydrogens is 552 g/mol. The third kappa shape index (κ3) is 6.38. The van der Waals surface area contributed by atoms with Crippen molar-refractivity contribution in [2.24, 2.45) is 0 Å². The Morgan fingerprint density at radius 3 is 2.75 bits per heavy atom. The van der Waals surface area contributed by atoms with Gasteiger partial charge in [0.25, 0.3) is 5.91 Å². The molecule has 0 aliphatic carbocycles. The van der Waals surface area contributed by atoms with E-state index in [1.807, 2.05) is 0 Å². The van der Waals surface area contributed by atoms with Crippen LogP contribution in [0.3, 0.4) is 0 Å². The van der Waals surface area contributed by atoms with Crippen LogP contribution in [0, 0.1) is 0 Å². The maximum atomic E-state index is 12.6. The van der Waals surface area contributed by atoms with E-state index in [1.165, 1.54) is 11.6 Å². The van der Waals surface area contributed by atoms with Gasteiger partial charge < -0.3 is 19.3 Å². The van der Waals surface area contributed by atoms with E-state index in [-0.39, 0.29) is 12.5 Å². The normalized spacial score (nSPS) is 13.1. The number of anilines is 1. The summed E-state index contributed by atoms with van der Waals surface area (Å²) in [6, 6.07) is 8.32. The van der Waals surface area contributed by atoms with Crippen molar-refractivity contribution in [2.75, 3.05) is 12.1 Å². The lowest BCUT2D eigenvalue weighted by Gasteiger charge is -2.20. The first-order valence-electron chi connectivity index (χ1n) is 9.53. The number of hydroxylamine groups is 1. The molecule has 1 aliphatic heterocycles. The Hall–Kier alpha value is -2.76. The van der Waals surface area contributed by atoms with Crippen molar-refractivity contribution < 1.29 is 34.1 Å². The summed E-state index contributed by atoms with van der Waals surface area (Å²) in [5.74, 6) is 0.444. The second-order valence-corrected chi connectivity index (χ2v) is 8.49. The van der Waals surface area contributed by atoms with Crippen LogP contribution in [0.2, 0.25) is 0 Å². The number of carbonyl (C=O) groups excluding carboxylic acids is 2. The number of phenols is 1. The summed E-state index contributed by atoms with van der Waals surface area (Å²) in [5.41, 5.74) is 2.40. The number of ether oxygens (including phenoxy) is 3. The number of phenolic OH excluding ortho intramolecular Hbond substituents is 1. The fourth-order valence-electron chi connectivity index (χ4n) is 3.01. The first-order valence-corrected chi connectivity index (χ1v) is 11.1. The fraction of sp³-hybridized carbons (Fsp3) is 0.238. The van der Waals surface area contributed by atoms with E-state index in [0.717, 1.165) is 0 Å². The number of rotatable bonds is 8. The van der Waals surface area contributed by atoms with E-state index < -0.39 is 18.1 Å². The number of unbranched alkanes of at least 4 members (excludes halogenated alkanes) is 1. The Kier molecular flexibility index (Phi) is 8.37. The molecule has 0 spiro atoms. The second-order valence-electron chi connectivity index (χ2n) is 6.72. The molecule has 4 N–H and O–H groups in total. The van der Waals surface area contributed by atoms with Gasteiger partial charge in [-0.05, 0) is 59.5 Å². The lowest BCUT2D eigenvalue weighted by atomic mass is 10.0. The van der Waals surface area contributed by atoms with Gasteiger partial charge in [0.05, 0.1) is 4.47 Å². The average molecular weight is 572 g/mol. The smallest absolute Gasteiger partial charge is 0.412 e. The quantitative estimate of drug-likeness (QED) is 0.149. The molecule has 0 saturated heterocycles. The van der Waals surface area contributed by atoms with E-state index in [0.29, 0.717) is 51.0 Å². The van der Waals surface area contributed by atoms with Crippen LogP contribution in [0.5, 0.6) is 17.2 Å². The van der Waals surface area contributed by atoms with Gasteiger partial charge in [0.2, 0.25) is 6.79 Å². The molecule has 0 radical (unpaired) electrons. The summed E-state index contributed by atoms with van der Waals surface area (Å²) >= 11 is 6.67. The van der Waals surface area contributed by atoms with Crippen LogP contribution >= 0.6 is 31.9 Å². The highest BCUT2D eigenvalue weighted by atomic mass is 79.9. The Morgan fingerprint density at radius 1 is 1.19 bits per heavy atom. The highest BCUT2D eigenvalue weighted by Gasteiger charge is 2.23. The Balaban J connectivity index is 1.70. The summed E-state index contributed by atoms with van der Waals surface area (Å²) in [5, 5.41) is 21.7. The lowest BCUT2D eigenvalue weighted by molar-refractivity contribution is -0.124. The van der Waals surface area contributed by atoms with E-state index in [1.54, 1.807) is 36.4 Å².